The first-order chi connectivity index (χ1) is 8.72. The average molecular weight is 283 g/mol. The van der Waals surface area contributed by atoms with Crippen LogP contribution in [0.15, 0.2) is 0 Å². The summed E-state index contributed by atoms with van der Waals surface area (Å²) in [5.41, 5.74) is 1.06. The number of rotatable bonds is 6. The van der Waals surface area contributed by atoms with E-state index in [1.807, 2.05) is 0 Å². The number of nitrogens with one attached hydrogen (secondary N) is 1. The molecule has 1 fully saturated rings. The summed E-state index contributed by atoms with van der Waals surface area (Å²) < 4.78 is 35.4. The number of amides is 1. The molecule has 1 aliphatic carbocycles. The van der Waals surface area contributed by atoms with Crippen LogP contribution in [0.2, 0.25) is 0 Å². The molecule has 0 radical (unpaired) electrons. The number of carboxylic acid groups (broad SMARTS) is 1. The van der Waals surface area contributed by atoms with E-state index in [4.69, 9.17) is 5.11 Å². The van der Waals surface area contributed by atoms with Gasteiger partial charge in [-0.25, -0.2) is 5.48 Å². The van der Waals surface area contributed by atoms with E-state index in [9.17, 15) is 22.8 Å². The molecule has 0 unspecified atom stereocenters. The maximum atomic E-state index is 11.8. The second-order valence-electron chi connectivity index (χ2n) is 4.88. The molecule has 1 saturated carbocycles. The second-order valence-corrected chi connectivity index (χ2v) is 4.88. The lowest BCUT2D eigenvalue weighted by molar-refractivity contribution is -0.192. The van der Waals surface area contributed by atoms with Crippen LogP contribution in [0.3, 0.4) is 0 Å². The van der Waals surface area contributed by atoms with Crippen molar-refractivity contribution in [1.82, 2.24) is 5.48 Å². The number of aliphatic carboxylic acids is 1. The summed E-state index contributed by atoms with van der Waals surface area (Å²) >= 11 is 0. The van der Waals surface area contributed by atoms with E-state index in [0.717, 1.165) is 12.8 Å². The van der Waals surface area contributed by atoms with E-state index >= 15 is 0 Å². The van der Waals surface area contributed by atoms with Gasteiger partial charge in [0.15, 0.2) is 6.61 Å². The summed E-state index contributed by atoms with van der Waals surface area (Å²) in [5.74, 6) is -1.72. The van der Waals surface area contributed by atoms with E-state index in [2.05, 4.69) is 4.84 Å². The third-order valence-corrected chi connectivity index (χ3v) is 3.15. The van der Waals surface area contributed by atoms with Gasteiger partial charge in [-0.3, -0.25) is 14.4 Å². The van der Waals surface area contributed by atoms with E-state index in [1.54, 1.807) is 5.48 Å². The lowest BCUT2D eigenvalue weighted by atomic mass is 9.79. The van der Waals surface area contributed by atoms with Crippen LogP contribution >= 0.6 is 0 Å². The molecule has 0 aromatic heterocycles. The monoisotopic (exact) mass is 283 g/mol. The van der Waals surface area contributed by atoms with Crippen molar-refractivity contribution in [2.75, 3.05) is 6.61 Å². The van der Waals surface area contributed by atoms with Gasteiger partial charge in [0, 0.05) is 6.42 Å². The Hall–Kier alpha value is -1.31. The molecule has 0 aromatic rings. The zero-order valence-corrected chi connectivity index (χ0v) is 10.3. The summed E-state index contributed by atoms with van der Waals surface area (Å²) in [5, 5.41) is 8.82. The van der Waals surface area contributed by atoms with Crippen molar-refractivity contribution in [3.05, 3.63) is 0 Å². The zero-order chi connectivity index (χ0) is 14.5. The Bertz CT molecular complexity index is 337. The van der Waals surface area contributed by atoms with Crippen LogP contribution in [-0.2, 0) is 14.4 Å². The van der Waals surface area contributed by atoms with Gasteiger partial charge in [0.1, 0.15) is 0 Å². The number of carbonyl (C=O) groups is 2. The van der Waals surface area contributed by atoms with Crippen LogP contribution in [-0.4, -0.2) is 29.8 Å². The highest BCUT2D eigenvalue weighted by molar-refractivity contribution is 5.77. The molecule has 1 amide bonds. The van der Waals surface area contributed by atoms with Crippen molar-refractivity contribution in [2.24, 2.45) is 5.41 Å². The largest absolute Gasteiger partial charge is 0.481 e. The topological polar surface area (TPSA) is 75.6 Å². The van der Waals surface area contributed by atoms with Crippen LogP contribution in [0.4, 0.5) is 13.2 Å². The Morgan fingerprint density at radius 2 is 1.79 bits per heavy atom. The number of hydroxylamine groups is 1. The molecule has 2 N–H and O–H groups in total. The molecule has 19 heavy (non-hydrogen) atoms. The number of carbonyl (C=O) groups excluding carboxylic acids is 1. The fourth-order valence-electron chi connectivity index (χ4n) is 2.44. The Kier molecular flexibility index (Phi) is 5.16. The van der Waals surface area contributed by atoms with Gasteiger partial charge in [0.2, 0.25) is 5.91 Å². The molecule has 0 spiro atoms. The molecule has 110 valence electrons. The Morgan fingerprint density at radius 3 is 2.26 bits per heavy atom. The van der Waals surface area contributed by atoms with Gasteiger partial charge in [0.05, 0.1) is 6.42 Å². The van der Waals surface area contributed by atoms with Crippen LogP contribution in [0.25, 0.3) is 0 Å². The quantitative estimate of drug-likeness (QED) is 0.731. The van der Waals surface area contributed by atoms with Crippen LogP contribution in [0.1, 0.15) is 38.5 Å². The first kappa shape index (κ1) is 15.7. The van der Waals surface area contributed by atoms with E-state index in [0.29, 0.717) is 12.8 Å². The standard InChI is InChI=1S/C11H16F3NO4/c12-11(13,14)7-19-15-8(16)5-10(6-9(17)18)3-1-2-4-10/h1-7H2,(H,15,16)(H,17,18). The maximum absolute atomic E-state index is 11.8. The third-order valence-electron chi connectivity index (χ3n) is 3.15. The summed E-state index contributed by atoms with van der Waals surface area (Å²) in [6.45, 7) is -1.56. The predicted octanol–water partition coefficient (Wildman–Crippen LogP) is 2.02. The summed E-state index contributed by atoms with van der Waals surface area (Å²) in [4.78, 5) is 26.3. The lowest BCUT2D eigenvalue weighted by Crippen LogP contribution is -2.34. The van der Waals surface area contributed by atoms with E-state index in [1.165, 1.54) is 0 Å². The highest BCUT2D eigenvalue weighted by Gasteiger charge is 2.38. The van der Waals surface area contributed by atoms with Crippen LogP contribution in [0.5, 0.6) is 0 Å². The number of halogens is 3. The van der Waals surface area contributed by atoms with Gasteiger partial charge in [-0.2, -0.15) is 13.2 Å². The van der Waals surface area contributed by atoms with Crippen molar-refractivity contribution in [2.45, 2.75) is 44.7 Å². The molecule has 0 atom stereocenters. The Morgan fingerprint density at radius 1 is 1.21 bits per heavy atom. The smallest absolute Gasteiger partial charge is 0.414 e. The molecule has 0 saturated heterocycles. The van der Waals surface area contributed by atoms with Gasteiger partial charge in [0.25, 0.3) is 0 Å². The Labute approximate surface area is 108 Å². The molecule has 5 nitrogen and oxygen atoms in total. The molecule has 0 heterocycles. The third kappa shape index (κ3) is 5.91. The van der Waals surface area contributed by atoms with E-state index < -0.39 is 30.1 Å². The maximum Gasteiger partial charge on any atom is 0.414 e. The number of carboxylic acids is 1. The molecule has 1 rings (SSSR count). The van der Waals surface area contributed by atoms with Crippen molar-refractivity contribution in [3.63, 3.8) is 0 Å². The first-order valence-corrected chi connectivity index (χ1v) is 5.92. The number of hydrogen-bond donors (Lipinski definition) is 2. The second kappa shape index (κ2) is 6.23. The SMILES string of the molecule is O=C(O)CC1(CC(=O)NOCC(F)(F)F)CCCC1. The normalized spacial score (nSPS) is 18.3. The van der Waals surface area contributed by atoms with Gasteiger partial charge in [-0.1, -0.05) is 12.8 Å². The van der Waals surface area contributed by atoms with Crippen molar-refractivity contribution < 1.29 is 32.7 Å². The van der Waals surface area contributed by atoms with Crippen LogP contribution < -0.4 is 5.48 Å². The van der Waals surface area contributed by atoms with E-state index in [-0.39, 0.29) is 12.8 Å². The molecule has 0 aromatic carbocycles. The highest BCUT2D eigenvalue weighted by atomic mass is 19.4. The average Bonchev–Trinajstić information content (AvgIpc) is 2.62. The fraction of sp³-hybridized carbons (Fsp3) is 0.818. The number of alkyl halides is 3. The molecular formula is C11H16F3NO4. The van der Waals surface area contributed by atoms with Gasteiger partial charge in [-0.05, 0) is 18.3 Å². The van der Waals surface area contributed by atoms with Gasteiger partial charge in [-0.15, -0.1) is 0 Å². The molecule has 0 bridgehead atoms. The first-order valence-electron chi connectivity index (χ1n) is 5.92. The molecule has 8 heteroatoms. The summed E-state index contributed by atoms with van der Waals surface area (Å²) in [6.07, 6.45) is -1.97. The minimum atomic E-state index is -4.51. The van der Waals surface area contributed by atoms with Crippen molar-refractivity contribution in [1.29, 1.82) is 0 Å². The van der Waals surface area contributed by atoms with Crippen molar-refractivity contribution in [3.8, 4) is 0 Å². The minimum Gasteiger partial charge on any atom is -0.481 e. The van der Waals surface area contributed by atoms with Crippen molar-refractivity contribution >= 4 is 11.9 Å². The fourth-order valence-corrected chi connectivity index (χ4v) is 2.44. The summed E-state index contributed by atoms with van der Waals surface area (Å²) in [7, 11) is 0. The van der Waals surface area contributed by atoms with Gasteiger partial charge < -0.3 is 5.11 Å². The van der Waals surface area contributed by atoms with Gasteiger partial charge >= 0.3 is 12.1 Å². The zero-order valence-electron chi connectivity index (χ0n) is 10.3. The Balaban J connectivity index is 2.42. The summed E-state index contributed by atoms with van der Waals surface area (Å²) in [6, 6.07) is 0. The van der Waals surface area contributed by atoms with Crippen LogP contribution in [0, 0.1) is 5.41 Å². The number of hydrogen-bond acceptors (Lipinski definition) is 3. The lowest BCUT2D eigenvalue weighted by Gasteiger charge is -2.26. The molecular weight excluding hydrogens is 267 g/mol. The predicted molar refractivity (Wildman–Crippen MR) is 57.9 cm³/mol. The minimum absolute atomic E-state index is 0.128. The highest BCUT2D eigenvalue weighted by Crippen LogP contribution is 2.43. The molecule has 0 aliphatic heterocycles. The molecule has 1 aliphatic rings.